The molecule has 5 heteroatoms. The number of rotatable bonds is 0. The van der Waals surface area contributed by atoms with Crippen LogP contribution in [0.15, 0.2) is 44.9 Å². The molecule has 2 aliphatic heterocycles. The molecule has 0 spiro atoms. The number of benzene rings is 1. The van der Waals surface area contributed by atoms with Gasteiger partial charge in [0.05, 0.1) is 15.4 Å². The van der Waals surface area contributed by atoms with E-state index in [1.54, 1.807) is 31.2 Å². The number of carbonyl (C=O) groups is 2. The van der Waals surface area contributed by atoms with Crippen molar-refractivity contribution in [3.05, 3.63) is 50.5 Å². The first-order valence-corrected chi connectivity index (χ1v) is 7.51. The third kappa shape index (κ3) is 2.13. The Balaban J connectivity index is 2.18. The van der Waals surface area contributed by atoms with E-state index in [-0.39, 0.29) is 17.1 Å². The Kier molecular flexibility index (Phi) is 3.24. The number of Topliss-reactive ketones (excluding diaryl/α,β-unsaturated/α-hetero) is 2. The van der Waals surface area contributed by atoms with Crippen molar-refractivity contribution in [1.82, 2.24) is 0 Å². The summed E-state index contributed by atoms with van der Waals surface area (Å²) in [4.78, 5) is 24.9. The van der Waals surface area contributed by atoms with Crippen LogP contribution in [-0.4, -0.2) is 17.7 Å². The highest BCUT2D eigenvalue weighted by Gasteiger charge is 2.34. The zero-order valence-corrected chi connectivity index (χ0v) is 11.7. The minimum absolute atomic E-state index is 0.247. The van der Waals surface area contributed by atoms with Gasteiger partial charge in [0.25, 0.3) is 0 Å². The molecular weight excluding hydrogens is 280 g/mol. The quantitative estimate of drug-likeness (QED) is 0.541. The molecule has 3 nitrogen and oxygen atoms in total. The molecule has 2 heterocycles. The fourth-order valence-corrected chi connectivity index (χ4v) is 3.84. The van der Waals surface area contributed by atoms with Gasteiger partial charge in [-0.3, -0.25) is 9.59 Å². The van der Waals surface area contributed by atoms with E-state index in [1.807, 2.05) is 10.8 Å². The third-order valence-electron chi connectivity index (χ3n) is 2.89. The van der Waals surface area contributed by atoms with Gasteiger partial charge >= 0.3 is 0 Å². The Morgan fingerprint density at radius 1 is 1.11 bits per heavy atom. The average molecular weight is 290 g/mol. The van der Waals surface area contributed by atoms with E-state index >= 15 is 0 Å². The van der Waals surface area contributed by atoms with E-state index in [0.29, 0.717) is 11.3 Å². The number of thioether (sulfide) groups is 2. The summed E-state index contributed by atoms with van der Waals surface area (Å²) in [5.41, 5.74) is 0.702. The predicted molar refractivity (Wildman–Crippen MR) is 77.2 cm³/mol. The van der Waals surface area contributed by atoms with E-state index in [4.69, 9.17) is 4.74 Å². The van der Waals surface area contributed by atoms with Crippen LogP contribution in [0.25, 0.3) is 0 Å². The van der Waals surface area contributed by atoms with Crippen LogP contribution in [0.2, 0.25) is 0 Å². The van der Waals surface area contributed by atoms with Crippen molar-refractivity contribution < 1.29 is 14.3 Å². The van der Waals surface area contributed by atoms with Gasteiger partial charge in [0.15, 0.2) is 6.10 Å². The monoisotopic (exact) mass is 290 g/mol. The highest BCUT2D eigenvalue weighted by molar-refractivity contribution is 8.27. The van der Waals surface area contributed by atoms with Crippen molar-refractivity contribution in [2.24, 2.45) is 0 Å². The molecule has 3 rings (SSSR count). The maximum absolute atomic E-state index is 12.6. The molecule has 1 atom stereocenters. The summed E-state index contributed by atoms with van der Waals surface area (Å²) in [6.07, 6.45) is -0.642. The molecule has 0 aromatic heterocycles. The summed E-state index contributed by atoms with van der Waals surface area (Å²) in [5.74, 6) is -0.0199. The highest BCUT2D eigenvalue weighted by Crippen LogP contribution is 2.42. The Labute approximate surface area is 119 Å². The van der Waals surface area contributed by atoms with Crippen molar-refractivity contribution in [2.45, 2.75) is 13.0 Å². The minimum atomic E-state index is -0.642. The summed E-state index contributed by atoms with van der Waals surface area (Å²) in [7, 11) is 0. The Hall–Kier alpha value is -1.46. The van der Waals surface area contributed by atoms with Gasteiger partial charge in [0, 0.05) is 0 Å². The Morgan fingerprint density at radius 3 is 2.53 bits per heavy atom. The molecule has 19 heavy (non-hydrogen) atoms. The topological polar surface area (TPSA) is 43.4 Å². The minimum Gasteiger partial charge on any atom is -0.482 e. The van der Waals surface area contributed by atoms with Gasteiger partial charge in [-0.1, -0.05) is 35.7 Å². The first-order valence-electron chi connectivity index (χ1n) is 5.75. The molecule has 1 aromatic carbocycles. The molecule has 0 saturated carbocycles. The van der Waals surface area contributed by atoms with Crippen LogP contribution in [0.4, 0.5) is 0 Å². The van der Waals surface area contributed by atoms with E-state index in [1.165, 1.54) is 23.5 Å². The molecule has 0 fully saturated rings. The summed E-state index contributed by atoms with van der Waals surface area (Å²) < 4.78 is 6.32. The van der Waals surface area contributed by atoms with Crippen LogP contribution in [0.1, 0.15) is 17.3 Å². The lowest BCUT2D eigenvalue weighted by atomic mass is 10.0. The van der Waals surface area contributed by atoms with Crippen LogP contribution in [0, 0.1) is 0 Å². The molecule has 1 aromatic rings. The van der Waals surface area contributed by atoms with Gasteiger partial charge in [-0.15, -0.1) is 0 Å². The molecule has 2 aliphatic rings. The molecular formula is C14H10O3S2. The SMILES string of the molecule is CC1Oc2ccccc2C(=O)C(=C2SC=CS2)C1=O. The molecule has 0 aliphatic carbocycles. The van der Waals surface area contributed by atoms with Crippen molar-refractivity contribution in [3.63, 3.8) is 0 Å². The highest BCUT2D eigenvalue weighted by atomic mass is 32.2. The summed E-state index contributed by atoms with van der Waals surface area (Å²) >= 11 is 2.81. The van der Waals surface area contributed by atoms with Gasteiger partial charge in [0.1, 0.15) is 5.75 Å². The molecule has 0 radical (unpaired) electrons. The summed E-state index contributed by atoms with van der Waals surface area (Å²) in [6.45, 7) is 1.68. The zero-order valence-electron chi connectivity index (χ0n) is 10.1. The second-order valence-corrected chi connectivity index (χ2v) is 6.21. The van der Waals surface area contributed by atoms with Gasteiger partial charge < -0.3 is 4.74 Å². The predicted octanol–water partition coefficient (Wildman–Crippen LogP) is 3.38. The first-order chi connectivity index (χ1) is 9.18. The summed E-state index contributed by atoms with van der Waals surface area (Å²) in [6, 6.07) is 6.98. The fourth-order valence-electron chi connectivity index (χ4n) is 1.97. The van der Waals surface area contributed by atoms with Gasteiger partial charge in [0.2, 0.25) is 11.6 Å². The maximum Gasteiger partial charge on any atom is 0.208 e. The van der Waals surface area contributed by atoms with Crippen molar-refractivity contribution >= 4 is 35.1 Å². The molecule has 0 bridgehead atoms. The molecule has 0 N–H and O–H groups in total. The zero-order chi connectivity index (χ0) is 13.4. The van der Waals surface area contributed by atoms with Crippen LogP contribution in [0.3, 0.4) is 0 Å². The largest absolute Gasteiger partial charge is 0.482 e. The standard InChI is InChI=1S/C14H10O3S2/c1-8-12(15)11(14-18-6-7-19-14)13(16)9-4-2-3-5-10(9)17-8/h2-8H,1H3. The lowest BCUT2D eigenvalue weighted by Crippen LogP contribution is -2.25. The van der Waals surface area contributed by atoms with Gasteiger partial charge in [-0.25, -0.2) is 0 Å². The average Bonchev–Trinajstić information content (AvgIpc) is 2.90. The number of ketones is 2. The van der Waals surface area contributed by atoms with Crippen LogP contribution in [0.5, 0.6) is 5.75 Å². The number of carbonyl (C=O) groups excluding carboxylic acids is 2. The lowest BCUT2D eigenvalue weighted by molar-refractivity contribution is -0.120. The number of ether oxygens (including phenoxy) is 1. The third-order valence-corrected chi connectivity index (χ3v) is 5.02. The van der Waals surface area contributed by atoms with Crippen molar-refractivity contribution in [2.75, 3.05) is 0 Å². The van der Waals surface area contributed by atoms with E-state index < -0.39 is 6.10 Å². The number of fused-ring (bicyclic) bond motifs is 1. The van der Waals surface area contributed by atoms with Gasteiger partial charge in [-0.05, 0) is 29.9 Å². The molecule has 0 saturated heterocycles. The smallest absolute Gasteiger partial charge is 0.208 e. The molecule has 96 valence electrons. The lowest BCUT2D eigenvalue weighted by Gasteiger charge is -2.10. The Bertz CT molecular complexity index is 621. The van der Waals surface area contributed by atoms with Crippen molar-refractivity contribution in [1.29, 1.82) is 0 Å². The second kappa shape index (κ2) is 4.90. The molecule has 1 unspecified atom stereocenters. The Morgan fingerprint density at radius 2 is 1.79 bits per heavy atom. The van der Waals surface area contributed by atoms with E-state index in [0.717, 1.165) is 4.24 Å². The van der Waals surface area contributed by atoms with Crippen LogP contribution in [-0.2, 0) is 4.79 Å². The normalized spacial score (nSPS) is 22.3. The number of hydrogen-bond donors (Lipinski definition) is 0. The van der Waals surface area contributed by atoms with E-state index in [9.17, 15) is 9.59 Å². The molecule has 0 amide bonds. The first kappa shape index (κ1) is 12.6. The van der Waals surface area contributed by atoms with Crippen LogP contribution >= 0.6 is 23.5 Å². The van der Waals surface area contributed by atoms with Crippen molar-refractivity contribution in [3.8, 4) is 5.75 Å². The van der Waals surface area contributed by atoms with Crippen LogP contribution < -0.4 is 4.74 Å². The number of para-hydroxylation sites is 1. The van der Waals surface area contributed by atoms with E-state index in [2.05, 4.69) is 0 Å². The van der Waals surface area contributed by atoms with Gasteiger partial charge in [-0.2, -0.15) is 0 Å². The fraction of sp³-hybridized carbons (Fsp3) is 0.143. The summed E-state index contributed by atoms with van der Waals surface area (Å²) in [5, 5.41) is 3.74. The second-order valence-electron chi connectivity index (χ2n) is 4.12. The number of hydrogen-bond acceptors (Lipinski definition) is 5. The maximum atomic E-state index is 12.6.